The number of ether oxygens (including phenoxy) is 1. The van der Waals surface area contributed by atoms with Crippen LogP contribution in [-0.4, -0.2) is 25.4 Å². The molecule has 1 N–H and O–H groups in total. The summed E-state index contributed by atoms with van der Waals surface area (Å²) in [7, 11) is -4.05. The van der Waals surface area contributed by atoms with Crippen molar-refractivity contribution in [1.29, 1.82) is 0 Å². The molecule has 2 aromatic rings. The van der Waals surface area contributed by atoms with Gasteiger partial charge in [-0.2, -0.15) is 0 Å². The highest BCUT2D eigenvalue weighted by atomic mass is 35.5. The van der Waals surface area contributed by atoms with Crippen LogP contribution in [0.15, 0.2) is 48.5 Å². The molecule has 0 aliphatic carbocycles. The van der Waals surface area contributed by atoms with Crippen LogP contribution in [0, 0.1) is 0 Å². The van der Waals surface area contributed by atoms with Gasteiger partial charge in [-0.15, -0.1) is 0 Å². The second-order valence-electron chi connectivity index (χ2n) is 5.18. The number of rotatable bonds is 11. The van der Waals surface area contributed by atoms with Crippen LogP contribution in [-0.2, 0) is 23.4 Å². The summed E-state index contributed by atoms with van der Waals surface area (Å²) >= 11 is 11.9. The lowest BCUT2D eigenvalue weighted by molar-refractivity contribution is -0.171. The van der Waals surface area contributed by atoms with E-state index in [1.165, 1.54) is 12.1 Å². The van der Waals surface area contributed by atoms with Crippen molar-refractivity contribution in [1.82, 2.24) is 5.32 Å². The molecule has 152 valence electrons. The number of para-hydroxylation sites is 2. The molecule has 11 heteroatoms. The van der Waals surface area contributed by atoms with Gasteiger partial charge in [0, 0.05) is 0 Å². The Hall–Kier alpha value is -1.80. The van der Waals surface area contributed by atoms with Crippen molar-refractivity contribution in [2.45, 2.75) is 6.92 Å². The monoisotopic (exact) mass is 449 g/mol. The maximum absolute atomic E-state index is 12.9. The van der Waals surface area contributed by atoms with Gasteiger partial charge in [-0.1, -0.05) is 56.8 Å². The van der Waals surface area contributed by atoms with E-state index in [2.05, 4.69) is 5.32 Å². The maximum Gasteiger partial charge on any atom is 0.418 e. The highest BCUT2D eigenvalue weighted by Crippen LogP contribution is 2.48. The molecular weight excluding hydrogens is 432 g/mol. The van der Waals surface area contributed by atoms with E-state index in [1.807, 2.05) is 0 Å². The maximum atomic E-state index is 12.9. The molecule has 0 saturated heterocycles. The quantitative estimate of drug-likeness (QED) is 0.230. The number of carbonyl (C=O) groups excluding carboxylic acids is 1. The Balaban J connectivity index is 2.03. The topological polar surface area (TPSA) is 92.3 Å². The smallest absolute Gasteiger partial charge is 0.418 e. The van der Waals surface area contributed by atoms with Crippen molar-refractivity contribution in [2.75, 3.05) is 19.4 Å². The van der Waals surface area contributed by atoms with E-state index in [9.17, 15) is 9.36 Å². The van der Waals surface area contributed by atoms with Crippen molar-refractivity contribution in [3.05, 3.63) is 58.6 Å². The van der Waals surface area contributed by atoms with Crippen LogP contribution >= 0.6 is 30.8 Å². The summed E-state index contributed by atoms with van der Waals surface area (Å²) in [5.41, 5.74) is 0. The molecule has 0 aliphatic rings. The van der Waals surface area contributed by atoms with Crippen molar-refractivity contribution in [3.63, 3.8) is 0 Å². The first kappa shape index (κ1) is 22.5. The molecule has 0 aliphatic heterocycles. The summed E-state index contributed by atoms with van der Waals surface area (Å²) in [6, 6.07) is 12.8. The Labute approximate surface area is 172 Å². The first-order valence-corrected chi connectivity index (χ1v) is 10.6. The number of benzene rings is 2. The lowest BCUT2D eigenvalue weighted by Gasteiger charge is -2.17. The predicted molar refractivity (Wildman–Crippen MR) is 103 cm³/mol. The number of hydrogen-bond acceptors (Lipinski definition) is 8. The summed E-state index contributed by atoms with van der Waals surface area (Å²) in [4.78, 5) is 21.5. The summed E-state index contributed by atoms with van der Waals surface area (Å²) in [5, 5.41) is 3.07. The Kier molecular flexibility index (Phi) is 9.05. The van der Waals surface area contributed by atoms with Crippen LogP contribution < -0.4 is 15.1 Å². The zero-order valence-electron chi connectivity index (χ0n) is 14.8. The Bertz CT molecular complexity index is 783. The van der Waals surface area contributed by atoms with E-state index in [0.717, 1.165) is 0 Å². The van der Waals surface area contributed by atoms with Crippen LogP contribution in [0.3, 0.4) is 0 Å². The molecule has 0 spiro atoms. The molecule has 0 heterocycles. The average Bonchev–Trinajstić information content (AvgIpc) is 2.67. The summed E-state index contributed by atoms with van der Waals surface area (Å²) < 4.78 is 27.6. The van der Waals surface area contributed by atoms with Crippen LogP contribution in [0.25, 0.3) is 0 Å². The number of esters is 1. The van der Waals surface area contributed by atoms with E-state index in [0.29, 0.717) is 0 Å². The third kappa shape index (κ3) is 7.31. The van der Waals surface area contributed by atoms with Gasteiger partial charge in [0.1, 0.15) is 6.29 Å². The minimum Gasteiger partial charge on any atom is -0.465 e. The molecule has 2 rings (SSSR count). The zero-order valence-corrected chi connectivity index (χ0v) is 17.2. The molecular formula is C17H18Cl2NO7P. The van der Waals surface area contributed by atoms with Crippen molar-refractivity contribution in [2.24, 2.45) is 0 Å². The SMILES string of the molecule is CCOC(=O)CNCP(=O)(OOc1ccccc1Cl)OOc1ccccc1Cl. The first-order chi connectivity index (χ1) is 13.4. The molecule has 0 radical (unpaired) electrons. The van der Waals surface area contributed by atoms with Gasteiger partial charge >= 0.3 is 13.6 Å². The van der Waals surface area contributed by atoms with Crippen molar-refractivity contribution >= 4 is 36.8 Å². The van der Waals surface area contributed by atoms with Crippen molar-refractivity contribution < 1.29 is 33.2 Å². The molecule has 2 aromatic carbocycles. The lowest BCUT2D eigenvalue weighted by Crippen LogP contribution is -2.27. The lowest BCUT2D eigenvalue weighted by atomic mass is 10.3. The van der Waals surface area contributed by atoms with Gasteiger partial charge in [0.15, 0.2) is 11.5 Å². The third-order valence-corrected chi connectivity index (χ3v) is 4.87. The van der Waals surface area contributed by atoms with E-state index in [-0.39, 0.29) is 34.7 Å². The van der Waals surface area contributed by atoms with Gasteiger partial charge in [-0.3, -0.25) is 14.7 Å². The van der Waals surface area contributed by atoms with Crippen LogP contribution in [0.1, 0.15) is 6.92 Å². The Morgan fingerprint density at radius 2 is 1.46 bits per heavy atom. The zero-order chi connectivity index (χ0) is 20.4. The van der Waals surface area contributed by atoms with Gasteiger partial charge in [0.2, 0.25) is 0 Å². The van der Waals surface area contributed by atoms with Gasteiger partial charge < -0.3 is 14.5 Å². The van der Waals surface area contributed by atoms with Crippen molar-refractivity contribution in [3.8, 4) is 11.5 Å². The normalized spacial score (nSPS) is 11.1. The molecule has 0 fully saturated rings. The van der Waals surface area contributed by atoms with E-state index < -0.39 is 19.9 Å². The molecule has 0 bridgehead atoms. The largest absolute Gasteiger partial charge is 0.465 e. The predicted octanol–water partition coefficient (Wildman–Crippen LogP) is 4.62. The minimum absolute atomic E-state index is 0.121. The average molecular weight is 450 g/mol. The Morgan fingerprint density at radius 1 is 0.964 bits per heavy atom. The fraction of sp³-hybridized carbons (Fsp3) is 0.235. The molecule has 28 heavy (non-hydrogen) atoms. The highest BCUT2D eigenvalue weighted by molar-refractivity contribution is 7.53. The second kappa shape index (κ2) is 11.3. The molecule has 8 nitrogen and oxygen atoms in total. The van der Waals surface area contributed by atoms with Crippen LogP contribution in [0.5, 0.6) is 11.5 Å². The third-order valence-electron chi connectivity index (χ3n) is 3.03. The number of nitrogens with one attached hydrogen (secondary N) is 1. The molecule has 0 aromatic heterocycles. The fourth-order valence-electron chi connectivity index (χ4n) is 1.79. The first-order valence-electron chi connectivity index (χ1n) is 8.10. The highest BCUT2D eigenvalue weighted by Gasteiger charge is 2.31. The van der Waals surface area contributed by atoms with E-state index in [4.69, 9.17) is 47.1 Å². The van der Waals surface area contributed by atoms with E-state index in [1.54, 1.807) is 43.3 Å². The molecule has 0 unspecified atom stereocenters. The van der Waals surface area contributed by atoms with E-state index >= 15 is 0 Å². The van der Waals surface area contributed by atoms with Gasteiger partial charge in [0.05, 0.1) is 23.2 Å². The summed E-state index contributed by atoms with van der Waals surface area (Å²) in [6.07, 6.45) is -0.416. The Morgan fingerprint density at radius 3 is 1.93 bits per heavy atom. The minimum atomic E-state index is -4.05. The van der Waals surface area contributed by atoms with Crippen LogP contribution in [0.4, 0.5) is 0 Å². The molecule has 0 amide bonds. The summed E-state index contributed by atoms with van der Waals surface area (Å²) in [6.45, 7) is 1.67. The van der Waals surface area contributed by atoms with Gasteiger partial charge in [-0.05, 0) is 31.2 Å². The van der Waals surface area contributed by atoms with Crippen LogP contribution in [0.2, 0.25) is 10.0 Å². The molecule has 0 atom stereocenters. The number of halogens is 2. The number of carbonyl (C=O) groups is 1. The standard InChI is InChI=1S/C17H18Cl2NO7P/c1-2-23-17(21)11-20-12-28(22,26-24-15-9-5-3-7-13(15)18)27-25-16-10-6-4-8-14(16)19/h3-10,20H,2,11-12H2,1H3. The second-order valence-corrected chi connectivity index (χ2v) is 7.83. The number of hydrogen-bond donors (Lipinski definition) is 1. The van der Waals surface area contributed by atoms with Gasteiger partial charge in [-0.25, -0.2) is 0 Å². The van der Waals surface area contributed by atoms with Gasteiger partial charge in [0.25, 0.3) is 0 Å². The summed E-state index contributed by atoms with van der Waals surface area (Å²) in [5.74, 6) is -0.291. The molecule has 0 saturated carbocycles. The fourth-order valence-corrected chi connectivity index (χ4v) is 3.03.